The van der Waals surface area contributed by atoms with Crippen molar-refractivity contribution in [3.8, 4) is 0 Å². The second-order valence-corrected chi connectivity index (χ2v) is 5.04. The van der Waals surface area contributed by atoms with Crippen LogP contribution >= 0.6 is 7.82 Å². The van der Waals surface area contributed by atoms with Crippen LogP contribution < -0.4 is 0 Å². The Hall–Kier alpha value is -1.72. The van der Waals surface area contributed by atoms with Crippen molar-refractivity contribution in [2.75, 3.05) is 0 Å². The third kappa shape index (κ3) is 5.95. The van der Waals surface area contributed by atoms with Crippen LogP contribution in [0, 0.1) is 0 Å². The molecule has 108 valence electrons. The van der Waals surface area contributed by atoms with E-state index in [9.17, 15) is 9.36 Å². The normalized spacial score (nSPS) is 13.7. The highest BCUT2D eigenvalue weighted by Crippen LogP contribution is 2.38. The van der Waals surface area contributed by atoms with Crippen molar-refractivity contribution in [1.29, 1.82) is 0 Å². The van der Waals surface area contributed by atoms with Crippen LogP contribution in [-0.2, 0) is 18.6 Å². The van der Waals surface area contributed by atoms with E-state index in [0.717, 1.165) is 11.6 Å². The Morgan fingerprint density at radius 3 is 2.45 bits per heavy atom. The molecule has 6 nitrogen and oxygen atoms in total. The first-order chi connectivity index (χ1) is 9.31. The molecule has 1 unspecified atom stereocenters. The molecule has 0 bridgehead atoms. The van der Waals surface area contributed by atoms with Gasteiger partial charge in [0, 0.05) is 5.57 Å². The number of hydrogen-bond donors (Lipinski definition) is 2. The van der Waals surface area contributed by atoms with Crippen molar-refractivity contribution in [2.45, 2.75) is 13.2 Å². The van der Waals surface area contributed by atoms with Gasteiger partial charge in [-0.05, 0) is 24.6 Å². The van der Waals surface area contributed by atoms with E-state index in [1.54, 1.807) is 18.2 Å². The zero-order chi connectivity index (χ0) is 15.2. The summed E-state index contributed by atoms with van der Waals surface area (Å²) in [6.07, 6.45) is 1.05. The number of hydrogen-bond acceptors (Lipinski definition) is 4. The van der Waals surface area contributed by atoms with E-state index in [1.807, 2.05) is 18.2 Å². The lowest BCUT2D eigenvalue weighted by atomic mass is 10.1. The van der Waals surface area contributed by atoms with Gasteiger partial charge in [0.2, 0.25) is 6.29 Å². The highest BCUT2D eigenvalue weighted by Gasteiger charge is 2.23. The molecule has 2 N–H and O–H groups in total. The van der Waals surface area contributed by atoms with Gasteiger partial charge in [0.15, 0.2) is 0 Å². The minimum atomic E-state index is -4.76. The van der Waals surface area contributed by atoms with E-state index in [4.69, 9.17) is 14.5 Å². The van der Waals surface area contributed by atoms with Crippen LogP contribution in [0.4, 0.5) is 0 Å². The molecule has 0 fully saturated rings. The number of esters is 1. The summed E-state index contributed by atoms with van der Waals surface area (Å²) >= 11 is 0. The Labute approximate surface area is 116 Å². The monoisotopic (exact) mass is 298 g/mol. The van der Waals surface area contributed by atoms with Gasteiger partial charge in [0.05, 0.1) is 0 Å². The van der Waals surface area contributed by atoms with E-state index in [-0.39, 0.29) is 5.57 Å². The summed E-state index contributed by atoms with van der Waals surface area (Å²) in [5, 5.41) is 0. The number of ether oxygens (including phenoxy) is 1. The molecule has 20 heavy (non-hydrogen) atoms. The quantitative estimate of drug-likeness (QED) is 0.275. The fraction of sp³-hybridized carbons (Fsp3) is 0.154. The highest BCUT2D eigenvalue weighted by molar-refractivity contribution is 7.46. The van der Waals surface area contributed by atoms with E-state index in [0.29, 0.717) is 0 Å². The van der Waals surface area contributed by atoms with Gasteiger partial charge in [-0.1, -0.05) is 36.9 Å². The van der Waals surface area contributed by atoms with Crippen LogP contribution in [-0.4, -0.2) is 22.0 Å². The fourth-order valence-corrected chi connectivity index (χ4v) is 1.70. The molecule has 0 saturated carbocycles. The van der Waals surface area contributed by atoms with Gasteiger partial charge in [-0.25, -0.2) is 13.9 Å². The zero-order valence-electron chi connectivity index (χ0n) is 10.8. The molecule has 7 heteroatoms. The molecule has 0 radical (unpaired) electrons. The lowest BCUT2D eigenvalue weighted by molar-refractivity contribution is -0.153. The second-order valence-electron chi connectivity index (χ2n) is 3.84. The number of carbonyl (C=O) groups excluding carboxylic acids is 1. The van der Waals surface area contributed by atoms with E-state index in [1.165, 1.54) is 6.92 Å². The molecule has 1 aromatic rings. The molecule has 0 spiro atoms. The lowest BCUT2D eigenvalue weighted by Gasteiger charge is -2.15. The van der Waals surface area contributed by atoms with Crippen molar-refractivity contribution in [2.24, 2.45) is 0 Å². The molecule has 0 aliphatic heterocycles. The van der Waals surface area contributed by atoms with Crippen molar-refractivity contribution in [3.63, 3.8) is 0 Å². The summed E-state index contributed by atoms with van der Waals surface area (Å²) in [4.78, 5) is 29.0. The van der Waals surface area contributed by atoms with Crippen molar-refractivity contribution in [3.05, 3.63) is 54.1 Å². The van der Waals surface area contributed by atoms with E-state index in [2.05, 4.69) is 11.1 Å². The molecule has 0 saturated heterocycles. The Morgan fingerprint density at radius 1 is 1.35 bits per heavy atom. The van der Waals surface area contributed by atoms with Crippen LogP contribution in [0.5, 0.6) is 0 Å². The largest absolute Gasteiger partial charge is 0.472 e. The molecule has 1 aromatic carbocycles. The average Bonchev–Trinajstić information content (AvgIpc) is 2.37. The predicted molar refractivity (Wildman–Crippen MR) is 73.3 cm³/mol. The molecule has 0 aliphatic rings. The Morgan fingerprint density at radius 2 is 1.95 bits per heavy atom. The van der Waals surface area contributed by atoms with Crippen molar-refractivity contribution < 1.29 is 28.4 Å². The Balaban J connectivity index is 2.72. The van der Waals surface area contributed by atoms with Crippen LogP contribution in [0.1, 0.15) is 12.5 Å². The van der Waals surface area contributed by atoms with E-state index < -0.39 is 20.1 Å². The predicted octanol–water partition coefficient (Wildman–Crippen LogP) is 2.25. The summed E-state index contributed by atoms with van der Waals surface area (Å²) in [7, 11) is -4.76. The van der Waals surface area contributed by atoms with Gasteiger partial charge in [-0.2, -0.15) is 0 Å². The van der Waals surface area contributed by atoms with Crippen LogP contribution in [0.3, 0.4) is 0 Å². The van der Waals surface area contributed by atoms with Crippen molar-refractivity contribution >= 4 is 19.9 Å². The second kappa shape index (κ2) is 7.17. The number of phosphoric acid groups is 1. The zero-order valence-corrected chi connectivity index (χ0v) is 11.7. The lowest BCUT2D eigenvalue weighted by Crippen LogP contribution is -2.18. The summed E-state index contributed by atoms with van der Waals surface area (Å²) in [5.41, 5.74) is 1.06. The number of carbonyl (C=O) groups is 1. The molecule has 0 aliphatic carbocycles. The first-order valence-electron chi connectivity index (χ1n) is 5.62. The molecule has 0 aromatic heterocycles. The average molecular weight is 298 g/mol. The van der Waals surface area contributed by atoms with Crippen LogP contribution in [0.25, 0.3) is 6.08 Å². The fourth-order valence-electron chi connectivity index (χ4n) is 1.30. The third-order valence-electron chi connectivity index (χ3n) is 2.16. The van der Waals surface area contributed by atoms with Crippen LogP contribution in [0.2, 0.25) is 0 Å². The maximum atomic E-state index is 11.7. The number of phosphoric ester groups is 1. The number of rotatable bonds is 6. The number of benzene rings is 1. The summed E-state index contributed by atoms with van der Waals surface area (Å²) in [6, 6.07) is 9.07. The molecular formula is C13H15O6P. The molecule has 1 rings (SSSR count). The molecule has 0 heterocycles. The van der Waals surface area contributed by atoms with Crippen molar-refractivity contribution in [1.82, 2.24) is 0 Å². The maximum Gasteiger partial charge on any atom is 0.472 e. The molecule has 1 atom stereocenters. The molecule has 0 amide bonds. The summed E-state index contributed by atoms with van der Waals surface area (Å²) in [6.45, 7) is 4.80. The Bertz CT molecular complexity index is 545. The highest BCUT2D eigenvalue weighted by atomic mass is 31.2. The minimum absolute atomic E-state index is 0.261. The third-order valence-corrected chi connectivity index (χ3v) is 2.64. The molecular weight excluding hydrogens is 283 g/mol. The van der Waals surface area contributed by atoms with Gasteiger partial charge in [0.25, 0.3) is 0 Å². The van der Waals surface area contributed by atoms with Gasteiger partial charge in [-0.3, -0.25) is 0 Å². The smallest absolute Gasteiger partial charge is 0.428 e. The summed E-state index contributed by atoms with van der Waals surface area (Å²) in [5.74, 6) is -0.757. The van der Waals surface area contributed by atoms with Gasteiger partial charge >= 0.3 is 13.8 Å². The van der Waals surface area contributed by atoms with Crippen LogP contribution in [0.15, 0.2) is 48.6 Å². The minimum Gasteiger partial charge on any atom is -0.428 e. The first-order valence-corrected chi connectivity index (χ1v) is 7.15. The van der Waals surface area contributed by atoms with Gasteiger partial charge < -0.3 is 14.5 Å². The topological polar surface area (TPSA) is 93.1 Å². The van der Waals surface area contributed by atoms with Gasteiger partial charge in [-0.15, -0.1) is 0 Å². The SMILES string of the molecule is C=CC(OC(=O)C(C)=Cc1ccccc1)OP(=O)(O)O. The maximum absolute atomic E-state index is 11.7. The van der Waals surface area contributed by atoms with Gasteiger partial charge in [0.1, 0.15) is 0 Å². The first kappa shape index (κ1) is 16.3. The summed E-state index contributed by atoms with van der Waals surface area (Å²) < 4.78 is 19.7. The van der Waals surface area contributed by atoms with E-state index >= 15 is 0 Å². The standard InChI is InChI=1S/C13H15O6P/c1-3-12(19-20(15,16)17)18-13(14)10(2)9-11-7-5-4-6-8-11/h3-9,12H,1H2,2H3,(H2,15,16,17). The Kier molecular flexibility index (Phi) is 5.85.